The Kier molecular flexibility index (Phi) is 5.56. The molecule has 0 spiro atoms. The van der Waals surface area contributed by atoms with Gasteiger partial charge in [-0.05, 0) is 30.7 Å². The fraction of sp³-hybridized carbons (Fsp3) is 0.200. The molecule has 1 fully saturated rings. The Labute approximate surface area is 172 Å². The molecule has 1 unspecified atom stereocenters. The number of anilines is 2. The monoisotopic (exact) mass is 414 g/mol. The van der Waals surface area contributed by atoms with Crippen molar-refractivity contribution in [2.75, 3.05) is 17.2 Å². The van der Waals surface area contributed by atoms with Crippen LogP contribution in [0.25, 0.3) is 0 Å². The third-order valence-electron chi connectivity index (χ3n) is 4.49. The summed E-state index contributed by atoms with van der Waals surface area (Å²) in [6.07, 6.45) is 0. The highest BCUT2D eigenvalue weighted by Crippen LogP contribution is 2.29. The van der Waals surface area contributed by atoms with Gasteiger partial charge in [0.15, 0.2) is 0 Å². The lowest BCUT2D eigenvalue weighted by Crippen LogP contribution is -2.42. The van der Waals surface area contributed by atoms with Crippen LogP contribution in [0, 0.1) is 0 Å². The Balaban J connectivity index is 1.70. The Morgan fingerprint density at radius 2 is 1.79 bits per heavy atom. The summed E-state index contributed by atoms with van der Waals surface area (Å²) >= 11 is 6.13. The summed E-state index contributed by atoms with van der Waals surface area (Å²) in [6.45, 7) is 2.50. The van der Waals surface area contributed by atoms with E-state index in [-0.39, 0.29) is 10.9 Å². The number of hydrogen-bond donors (Lipinski definition) is 3. The van der Waals surface area contributed by atoms with E-state index in [4.69, 9.17) is 11.6 Å². The molecule has 0 radical (unpaired) electrons. The van der Waals surface area contributed by atoms with Crippen molar-refractivity contribution >= 4 is 46.7 Å². The Morgan fingerprint density at radius 1 is 1.10 bits per heavy atom. The second-order valence-corrected chi connectivity index (χ2v) is 7.14. The molecule has 8 nitrogen and oxygen atoms in total. The quantitative estimate of drug-likeness (QED) is 0.653. The van der Waals surface area contributed by atoms with Crippen LogP contribution in [0.15, 0.2) is 48.5 Å². The smallest absolute Gasteiger partial charge is 0.325 e. The van der Waals surface area contributed by atoms with E-state index in [1.807, 2.05) is 0 Å². The van der Waals surface area contributed by atoms with Crippen molar-refractivity contribution in [3.05, 3.63) is 59.1 Å². The van der Waals surface area contributed by atoms with E-state index in [0.717, 1.165) is 4.90 Å². The molecule has 2 aromatic carbocycles. The van der Waals surface area contributed by atoms with Gasteiger partial charge in [0, 0.05) is 12.6 Å². The number of urea groups is 1. The van der Waals surface area contributed by atoms with Gasteiger partial charge in [-0.15, -0.1) is 0 Å². The van der Waals surface area contributed by atoms with Crippen molar-refractivity contribution in [2.45, 2.75) is 19.4 Å². The Bertz CT molecular complexity index is 995. The van der Waals surface area contributed by atoms with E-state index >= 15 is 0 Å². The minimum Gasteiger partial charge on any atom is -0.326 e. The van der Waals surface area contributed by atoms with Gasteiger partial charge in [0.05, 0.1) is 10.7 Å². The maximum atomic E-state index is 12.8. The maximum absolute atomic E-state index is 12.8. The molecule has 1 saturated heterocycles. The number of carbonyl (C=O) groups is 4. The molecule has 1 aliphatic heterocycles. The largest absolute Gasteiger partial charge is 0.326 e. The fourth-order valence-electron chi connectivity index (χ4n) is 3.04. The lowest BCUT2D eigenvalue weighted by Gasteiger charge is -2.22. The zero-order chi connectivity index (χ0) is 21.2. The molecule has 0 bridgehead atoms. The van der Waals surface area contributed by atoms with E-state index in [2.05, 4.69) is 16.0 Å². The molecule has 29 heavy (non-hydrogen) atoms. The highest BCUT2D eigenvalue weighted by molar-refractivity contribution is 6.34. The fourth-order valence-corrected chi connectivity index (χ4v) is 3.27. The SMILES string of the molecule is CC(=O)Nc1ccc(NC(=O)CN2C(=O)NC(C)(c3ccccc3)C2=O)c(Cl)c1. The van der Waals surface area contributed by atoms with Crippen LogP contribution in [0.3, 0.4) is 0 Å². The van der Waals surface area contributed by atoms with Gasteiger partial charge in [-0.2, -0.15) is 0 Å². The molecule has 3 rings (SSSR count). The van der Waals surface area contributed by atoms with Gasteiger partial charge < -0.3 is 16.0 Å². The lowest BCUT2D eigenvalue weighted by molar-refractivity contribution is -0.133. The molecule has 1 atom stereocenters. The summed E-state index contributed by atoms with van der Waals surface area (Å²) < 4.78 is 0. The van der Waals surface area contributed by atoms with Crippen LogP contribution in [0.4, 0.5) is 16.2 Å². The molecule has 9 heteroatoms. The molecule has 0 saturated carbocycles. The van der Waals surface area contributed by atoms with E-state index in [0.29, 0.717) is 16.9 Å². The van der Waals surface area contributed by atoms with Gasteiger partial charge in [-0.3, -0.25) is 19.3 Å². The number of carbonyl (C=O) groups excluding carboxylic acids is 4. The van der Waals surface area contributed by atoms with E-state index in [9.17, 15) is 19.2 Å². The molecule has 2 aromatic rings. The number of hydrogen-bond acceptors (Lipinski definition) is 4. The lowest BCUT2D eigenvalue weighted by atomic mass is 9.92. The van der Waals surface area contributed by atoms with Crippen LogP contribution in [-0.2, 0) is 19.9 Å². The third kappa shape index (κ3) is 4.22. The molecule has 1 aliphatic rings. The van der Waals surface area contributed by atoms with Gasteiger partial charge in [0.25, 0.3) is 5.91 Å². The number of rotatable bonds is 5. The summed E-state index contributed by atoms with van der Waals surface area (Å²) in [5, 5.41) is 8.00. The van der Waals surface area contributed by atoms with Gasteiger partial charge in [-0.1, -0.05) is 41.9 Å². The van der Waals surface area contributed by atoms with Crippen molar-refractivity contribution < 1.29 is 19.2 Å². The van der Waals surface area contributed by atoms with Crippen LogP contribution in [0.2, 0.25) is 5.02 Å². The normalized spacial score (nSPS) is 18.4. The molecule has 5 amide bonds. The van der Waals surface area contributed by atoms with Crippen LogP contribution in [0.5, 0.6) is 0 Å². The van der Waals surface area contributed by atoms with Crippen molar-refractivity contribution in [1.82, 2.24) is 10.2 Å². The van der Waals surface area contributed by atoms with Crippen molar-refractivity contribution in [3.8, 4) is 0 Å². The predicted octanol–water partition coefficient (Wildman–Crippen LogP) is 2.70. The number of halogens is 1. The molecule has 1 heterocycles. The molecule has 0 aromatic heterocycles. The third-order valence-corrected chi connectivity index (χ3v) is 4.80. The van der Waals surface area contributed by atoms with Crippen molar-refractivity contribution in [2.24, 2.45) is 0 Å². The first-order chi connectivity index (χ1) is 13.7. The number of amides is 5. The molecular weight excluding hydrogens is 396 g/mol. The van der Waals surface area contributed by atoms with Crippen LogP contribution in [-0.4, -0.2) is 35.2 Å². The zero-order valence-corrected chi connectivity index (χ0v) is 16.5. The average molecular weight is 415 g/mol. The Morgan fingerprint density at radius 3 is 2.41 bits per heavy atom. The van der Waals surface area contributed by atoms with E-state index in [1.165, 1.54) is 19.1 Å². The van der Waals surface area contributed by atoms with Crippen LogP contribution >= 0.6 is 11.6 Å². The first kappa shape index (κ1) is 20.3. The first-order valence-corrected chi connectivity index (χ1v) is 9.15. The number of imide groups is 1. The van der Waals surface area contributed by atoms with Crippen LogP contribution < -0.4 is 16.0 Å². The van der Waals surface area contributed by atoms with E-state index < -0.39 is 29.9 Å². The zero-order valence-electron chi connectivity index (χ0n) is 15.8. The summed E-state index contributed by atoms with van der Waals surface area (Å²) in [5.41, 5.74) is 0.158. The number of nitrogens with one attached hydrogen (secondary N) is 3. The second-order valence-electron chi connectivity index (χ2n) is 6.74. The van der Waals surface area contributed by atoms with Crippen molar-refractivity contribution in [1.29, 1.82) is 0 Å². The van der Waals surface area contributed by atoms with Crippen LogP contribution in [0.1, 0.15) is 19.4 Å². The Hall–Kier alpha value is -3.39. The van der Waals surface area contributed by atoms with Crippen molar-refractivity contribution in [3.63, 3.8) is 0 Å². The molecule has 0 aliphatic carbocycles. The van der Waals surface area contributed by atoms with Gasteiger partial charge in [0.2, 0.25) is 11.8 Å². The minimum atomic E-state index is -1.24. The molecule has 3 N–H and O–H groups in total. The highest BCUT2D eigenvalue weighted by atomic mass is 35.5. The standard InChI is InChI=1S/C20H19ClN4O4/c1-12(26)22-14-8-9-16(15(21)10-14)23-17(27)11-25-18(28)20(2,24-19(25)29)13-6-4-3-5-7-13/h3-10H,11H2,1-2H3,(H,22,26)(H,23,27)(H,24,29). The van der Waals surface area contributed by atoms with Gasteiger partial charge in [-0.25, -0.2) is 4.79 Å². The summed E-state index contributed by atoms with van der Waals surface area (Å²) in [5.74, 6) is -1.35. The van der Waals surface area contributed by atoms with Gasteiger partial charge >= 0.3 is 6.03 Å². The van der Waals surface area contributed by atoms with E-state index in [1.54, 1.807) is 43.3 Å². The molecule has 150 valence electrons. The highest BCUT2D eigenvalue weighted by Gasteiger charge is 2.49. The maximum Gasteiger partial charge on any atom is 0.325 e. The average Bonchev–Trinajstić information content (AvgIpc) is 2.88. The first-order valence-electron chi connectivity index (χ1n) is 8.77. The summed E-state index contributed by atoms with van der Waals surface area (Å²) in [6, 6.07) is 12.7. The number of nitrogens with zero attached hydrogens (tertiary/aromatic N) is 1. The summed E-state index contributed by atoms with van der Waals surface area (Å²) in [7, 11) is 0. The van der Waals surface area contributed by atoms with Gasteiger partial charge in [0.1, 0.15) is 12.1 Å². The topological polar surface area (TPSA) is 108 Å². The predicted molar refractivity (Wildman–Crippen MR) is 108 cm³/mol. The molecular formula is C20H19ClN4O4. The second kappa shape index (κ2) is 7.92. The minimum absolute atomic E-state index is 0.205. The number of benzene rings is 2. The summed E-state index contributed by atoms with van der Waals surface area (Å²) in [4.78, 5) is 49.5.